The molecule has 2 aromatic rings. The van der Waals surface area contributed by atoms with Gasteiger partial charge in [-0.3, -0.25) is 4.79 Å². The second-order valence-electron chi connectivity index (χ2n) is 7.05. The van der Waals surface area contributed by atoms with Crippen molar-refractivity contribution >= 4 is 33.4 Å². The van der Waals surface area contributed by atoms with E-state index in [1.54, 1.807) is 12.1 Å². The van der Waals surface area contributed by atoms with Gasteiger partial charge in [-0.25, -0.2) is 8.42 Å². The largest absolute Gasteiger partial charge is 0.379 e. The zero-order valence-electron chi connectivity index (χ0n) is 16.1. The van der Waals surface area contributed by atoms with Gasteiger partial charge in [0.2, 0.25) is 15.9 Å². The van der Waals surface area contributed by atoms with Crippen molar-refractivity contribution in [3.05, 3.63) is 30.1 Å². The minimum absolute atomic E-state index is 0.185. The van der Waals surface area contributed by atoms with Crippen LogP contribution in [0, 0.1) is 0 Å². The van der Waals surface area contributed by atoms with Crippen LogP contribution < -0.4 is 5.32 Å². The number of amides is 1. The first kappa shape index (κ1) is 20.3. The third kappa shape index (κ3) is 4.63. The van der Waals surface area contributed by atoms with E-state index < -0.39 is 10.0 Å². The second-order valence-corrected chi connectivity index (χ2v) is 9.93. The number of anilines is 1. The summed E-state index contributed by atoms with van der Waals surface area (Å²) in [5, 5.41) is 11.9. The molecule has 0 unspecified atom stereocenters. The number of sulfonamides is 1. The quantitative estimate of drug-likeness (QED) is 0.653. The summed E-state index contributed by atoms with van der Waals surface area (Å²) in [6.45, 7) is 1.50. The molecule has 1 saturated carbocycles. The van der Waals surface area contributed by atoms with Crippen molar-refractivity contribution in [1.82, 2.24) is 19.1 Å². The zero-order valence-corrected chi connectivity index (χ0v) is 17.7. The zero-order chi connectivity index (χ0) is 20.4. The average Bonchev–Trinajstić information content (AvgIpc) is 3.50. The summed E-state index contributed by atoms with van der Waals surface area (Å²) < 4.78 is 33.8. The lowest BCUT2D eigenvalue weighted by Gasteiger charge is -2.26. The molecule has 1 aromatic carbocycles. The summed E-state index contributed by atoms with van der Waals surface area (Å²) in [6, 6.07) is 6.23. The van der Waals surface area contributed by atoms with Gasteiger partial charge < -0.3 is 14.6 Å². The lowest BCUT2D eigenvalue weighted by Crippen LogP contribution is -2.40. The van der Waals surface area contributed by atoms with Crippen molar-refractivity contribution in [3.8, 4) is 0 Å². The molecule has 0 spiro atoms. The Morgan fingerprint density at radius 1 is 1.21 bits per heavy atom. The van der Waals surface area contributed by atoms with Gasteiger partial charge in [-0.2, -0.15) is 4.31 Å². The Morgan fingerprint density at radius 3 is 2.55 bits per heavy atom. The van der Waals surface area contributed by atoms with Gasteiger partial charge in [0.1, 0.15) is 5.82 Å². The highest BCUT2D eigenvalue weighted by Gasteiger charge is 2.29. The van der Waals surface area contributed by atoms with Gasteiger partial charge in [-0.05, 0) is 37.1 Å². The molecular weight excluding hydrogens is 414 g/mol. The predicted molar refractivity (Wildman–Crippen MR) is 108 cm³/mol. The highest BCUT2D eigenvalue weighted by molar-refractivity contribution is 7.99. The van der Waals surface area contributed by atoms with Gasteiger partial charge in [0.05, 0.1) is 23.9 Å². The predicted octanol–water partition coefficient (Wildman–Crippen LogP) is 1.44. The molecule has 1 amide bonds. The molecule has 2 aliphatic rings. The maximum absolute atomic E-state index is 12.6. The molecule has 11 heteroatoms. The number of nitrogens with zero attached hydrogens (tertiary/aromatic N) is 4. The van der Waals surface area contributed by atoms with Crippen LogP contribution in [0.1, 0.15) is 24.6 Å². The summed E-state index contributed by atoms with van der Waals surface area (Å²) >= 11 is 1.33. The van der Waals surface area contributed by atoms with E-state index in [0.29, 0.717) is 43.1 Å². The molecule has 9 nitrogen and oxygen atoms in total. The van der Waals surface area contributed by atoms with Crippen LogP contribution in [0.15, 0.2) is 34.3 Å². The number of aromatic nitrogens is 3. The normalized spacial score (nSPS) is 18.0. The van der Waals surface area contributed by atoms with Gasteiger partial charge in [0.15, 0.2) is 5.16 Å². The Kier molecular flexibility index (Phi) is 5.91. The van der Waals surface area contributed by atoms with Crippen LogP contribution in [0.2, 0.25) is 0 Å². The monoisotopic (exact) mass is 437 g/mol. The number of benzene rings is 1. The first-order valence-electron chi connectivity index (χ1n) is 9.45. The first-order valence-corrected chi connectivity index (χ1v) is 11.9. The van der Waals surface area contributed by atoms with E-state index in [9.17, 15) is 13.2 Å². The maximum atomic E-state index is 12.6. The molecule has 0 atom stereocenters. The van der Waals surface area contributed by atoms with Crippen molar-refractivity contribution < 1.29 is 17.9 Å². The summed E-state index contributed by atoms with van der Waals surface area (Å²) in [4.78, 5) is 12.5. The van der Waals surface area contributed by atoms with E-state index in [1.165, 1.54) is 28.2 Å². The summed E-state index contributed by atoms with van der Waals surface area (Å²) in [5.74, 6) is 1.49. The number of rotatable bonds is 7. The van der Waals surface area contributed by atoms with Crippen molar-refractivity contribution in [2.75, 3.05) is 37.4 Å². The van der Waals surface area contributed by atoms with Crippen LogP contribution in [-0.4, -0.2) is 65.5 Å². The minimum atomic E-state index is -3.54. The molecule has 2 heterocycles. The Morgan fingerprint density at radius 2 is 1.90 bits per heavy atom. The number of morpholine rings is 1. The van der Waals surface area contributed by atoms with Gasteiger partial charge in [-0.1, -0.05) is 11.8 Å². The van der Waals surface area contributed by atoms with Crippen molar-refractivity contribution in [3.63, 3.8) is 0 Å². The number of carbonyl (C=O) groups is 1. The lowest BCUT2D eigenvalue weighted by atomic mass is 10.3. The van der Waals surface area contributed by atoms with Crippen LogP contribution >= 0.6 is 11.8 Å². The van der Waals surface area contributed by atoms with Crippen LogP contribution in [0.5, 0.6) is 0 Å². The molecule has 1 saturated heterocycles. The molecule has 0 bridgehead atoms. The molecule has 1 aliphatic carbocycles. The third-order valence-electron chi connectivity index (χ3n) is 4.89. The van der Waals surface area contributed by atoms with Crippen LogP contribution in [-0.2, 0) is 26.6 Å². The van der Waals surface area contributed by atoms with Crippen molar-refractivity contribution in [1.29, 1.82) is 0 Å². The van der Waals surface area contributed by atoms with Crippen LogP contribution in [0.25, 0.3) is 0 Å². The Hall–Kier alpha value is -1.95. The Balaban J connectivity index is 1.33. The van der Waals surface area contributed by atoms with Crippen LogP contribution in [0.4, 0.5) is 5.69 Å². The SMILES string of the molecule is Cn1c(SCC(=O)Nc2ccc(S(=O)(=O)N3CCOCC3)cc2)nnc1C1CC1. The summed E-state index contributed by atoms with van der Waals surface area (Å²) in [7, 11) is -1.62. The fraction of sp³-hybridized carbons (Fsp3) is 0.500. The van der Waals surface area contributed by atoms with E-state index in [0.717, 1.165) is 18.7 Å². The van der Waals surface area contributed by atoms with E-state index in [2.05, 4.69) is 15.5 Å². The van der Waals surface area contributed by atoms with E-state index in [1.807, 2.05) is 11.6 Å². The Bertz CT molecular complexity index is 980. The molecular formula is C18H23N5O4S2. The standard InChI is InChI=1S/C18H23N5O4S2/c1-22-17(13-2-3-13)20-21-18(22)28-12-16(24)19-14-4-6-15(7-5-14)29(25,26)23-8-10-27-11-9-23/h4-7,13H,2-3,8-12H2,1H3,(H,19,24). The molecule has 0 radical (unpaired) electrons. The summed E-state index contributed by atoms with van der Waals surface area (Å²) in [6.07, 6.45) is 2.29. The van der Waals surface area contributed by atoms with Crippen LogP contribution in [0.3, 0.4) is 0 Å². The maximum Gasteiger partial charge on any atom is 0.243 e. The van der Waals surface area contributed by atoms with Crippen molar-refractivity contribution in [2.24, 2.45) is 7.05 Å². The minimum Gasteiger partial charge on any atom is -0.379 e. The van der Waals surface area contributed by atoms with E-state index in [4.69, 9.17) is 4.74 Å². The van der Waals surface area contributed by atoms with E-state index in [-0.39, 0.29) is 16.6 Å². The average molecular weight is 438 g/mol. The number of carbonyl (C=O) groups excluding carboxylic acids is 1. The Labute approximate surface area is 173 Å². The molecule has 29 heavy (non-hydrogen) atoms. The summed E-state index contributed by atoms with van der Waals surface area (Å²) in [5.41, 5.74) is 0.549. The highest BCUT2D eigenvalue weighted by Crippen LogP contribution is 2.39. The molecule has 4 rings (SSSR count). The number of hydrogen-bond acceptors (Lipinski definition) is 7. The topological polar surface area (TPSA) is 106 Å². The molecule has 156 valence electrons. The highest BCUT2D eigenvalue weighted by atomic mass is 32.2. The number of nitrogens with one attached hydrogen (secondary N) is 1. The number of hydrogen-bond donors (Lipinski definition) is 1. The van der Waals surface area contributed by atoms with Gasteiger partial charge in [0, 0.05) is 31.7 Å². The van der Waals surface area contributed by atoms with Gasteiger partial charge in [-0.15, -0.1) is 10.2 Å². The fourth-order valence-corrected chi connectivity index (χ4v) is 5.25. The number of thioether (sulfide) groups is 1. The van der Waals surface area contributed by atoms with Crippen molar-refractivity contribution in [2.45, 2.75) is 28.8 Å². The first-order chi connectivity index (χ1) is 13.9. The number of ether oxygens (including phenoxy) is 1. The molecule has 1 aromatic heterocycles. The lowest BCUT2D eigenvalue weighted by molar-refractivity contribution is -0.113. The second kappa shape index (κ2) is 8.42. The van der Waals surface area contributed by atoms with E-state index >= 15 is 0 Å². The van der Waals surface area contributed by atoms with Gasteiger partial charge in [0.25, 0.3) is 0 Å². The molecule has 2 fully saturated rings. The molecule has 1 aliphatic heterocycles. The van der Waals surface area contributed by atoms with Gasteiger partial charge >= 0.3 is 0 Å². The molecule has 1 N–H and O–H groups in total. The fourth-order valence-electron chi connectivity index (χ4n) is 3.12. The third-order valence-corrected chi connectivity index (χ3v) is 7.82. The smallest absolute Gasteiger partial charge is 0.243 e.